The number of rotatable bonds is 2. The monoisotopic (exact) mass is 248 g/mol. The summed E-state index contributed by atoms with van der Waals surface area (Å²) in [5.74, 6) is -0.0614. The highest BCUT2D eigenvalue weighted by atomic mass is 35.5. The second kappa shape index (κ2) is 5.99. The van der Waals surface area contributed by atoms with Crippen molar-refractivity contribution in [1.29, 1.82) is 0 Å². The molecule has 1 amide bonds. The molecular formula is C8H13ClN4OS. The number of amides is 1. The average Bonchev–Trinajstić information content (AvgIpc) is 2.72. The van der Waals surface area contributed by atoms with Crippen LogP contribution in [-0.4, -0.2) is 34.6 Å². The normalized spacial score (nSPS) is 20.4. The fourth-order valence-electron chi connectivity index (χ4n) is 1.50. The Morgan fingerprint density at radius 2 is 2.53 bits per heavy atom. The van der Waals surface area contributed by atoms with Gasteiger partial charge in [0.1, 0.15) is 4.88 Å². The van der Waals surface area contributed by atoms with Crippen LogP contribution in [0, 0.1) is 0 Å². The van der Waals surface area contributed by atoms with E-state index in [0.717, 1.165) is 37.5 Å². The quantitative estimate of drug-likeness (QED) is 0.797. The van der Waals surface area contributed by atoms with E-state index >= 15 is 0 Å². The van der Waals surface area contributed by atoms with Gasteiger partial charge in [-0.3, -0.25) is 4.79 Å². The summed E-state index contributed by atoms with van der Waals surface area (Å²) in [6.07, 6.45) is 3.66. The summed E-state index contributed by atoms with van der Waals surface area (Å²) in [7, 11) is 0. The van der Waals surface area contributed by atoms with Gasteiger partial charge in [-0.1, -0.05) is 4.49 Å². The number of hydrogen-bond donors (Lipinski definition) is 2. The number of hydrogen-bond acceptors (Lipinski definition) is 5. The van der Waals surface area contributed by atoms with E-state index in [2.05, 4.69) is 20.2 Å². The van der Waals surface area contributed by atoms with E-state index in [-0.39, 0.29) is 24.4 Å². The van der Waals surface area contributed by atoms with E-state index in [4.69, 9.17) is 0 Å². The zero-order valence-electron chi connectivity index (χ0n) is 8.10. The molecule has 2 rings (SSSR count). The van der Waals surface area contributed by atoms with Crippen molar-refractivity contribution in [2.75, 3.05) is 13.1 Å². The van der Waals surface area contributed by atoms with Crippen LogP contribution < -0.4 is 10.6 Å². The maximum Gasteiger partial charge on any atom is 0.264 e. The third kappa shape index (κ3) is 3.40. The molecule has 1 aromatic heterocycles. The number of nitrogens with zero attached hydrogens (tertiary/aromatic N) is 2. The summed E-state index contributed by atoms with van der Waals surface area (Å²) in [5, 5.41) is 9.82. The molecular weight excluding hydrogens is 236 g/mol. The van der Waals surface area contributed by atoms with Crippen molar-refractivity contribution in [3.05, 3.63) is 11.1 Å². The molecule has 5 nitrogen and oxygen atoms in total. The lowest BCUT2D eigenvalue weighted by Gasteiger charge is -2.23. The maximum absolute atomic E-state index is 11.6. The molecule has 0 aliphatic carbocycles. The van der Waals surface area contributed by atoms with Gasteiger partial charge in [0.25, 0.3) is 5.91 Å². The van der Waals surface area contributed by atoms with E-state index < -0.39 is 0 Å². The predicted octanol–water partition coefficient (Wildman–Crippen LogP) is 0.442. The molecule has 7 heteroatoms. The van der Waals surface area contributed by atoms with Crippen LogP contribution in [0.3, 0.4) is 0 Å². The summed E-state index contributed by atoms with van der Waals surface area (Å²) < 4.78 is 3.65. The summed E-state index contributed by atoms with van der Waals surface area (Å²) in [6, 6.07) is 0.248. The van der Waals surface area contributed by atoms with Crippen molar-refractivity contribution in [1.82, 2.24) is 20.2 Å². The zero-order chi connectivity index (χ0) is 9.80. The first-order valence-electron chi connectivity index (χ1n) is 4.65. The topological polar surface area (TPSA) is 66.9 Å². The smallest absolute Gasteiger partial charge is 0.264 e. The summed E-state index contributed by atoms with van der Waals surface area (Å²) in [5.41, 5.74) is 0. The molecule has 0 bridgehead atoms. The van der Waals surface area contributed by atoms with E-state index in [9.17, 15) is 4.79 Å². The van der Waals surface area contributed by atoms with Gasteiger partial charge in [0.05, 0.1) is 6.20 Å². The minimum atomic E-state index is -0.0614. The van der Waals surface area contributed by atoms with Gasteiger partial charge in [-0.2, -0.15) is 0 Å². The Balaban J connectivity index is 0.00000112. The first kappa shape index (κ1) is 12.4. The Kier molecular flexibility index (Phi) is 4.93. The molecule has 1 aromatic rings. The van der Waals surface area contributed by atoms with Crippen molar-refractivity contribution < 1.29 is 4.79 Å². The molecule has 1 aliphatic heterocycles. The van der Waals surface area contributed by atoms with Crippen LogP contribution >= 0.6 is 23.9 Å². The number of aromatic nitrogens is 2. The van der Waals surface area contributed by atoms with Gasteiger partial charge in [0, 0.05) is 12.6 Å². The van der Waals surface area contributed by atoms with Gasteiger partial charge in [-0.25, -0.2) is 0 Å². The van der Waals surface area contributed by atoms with Gasteiger partial charge >= 0.3 is 0 Å². The molecule has 15 heavy (non-hydrogen) atoms. The van der Waals surface area contributed by atoms with Gasteiger partial charge in [-0.05, 0) is 30.9 Å². The summed E-state index contributed by atoms with van der Waals surface area (Å²) >= 11 is 1.13. The number of carbonyl (C=O) groups excluding carboxylic acids is 1. The molecule has 0 saturated carbocycles. The molecule has 84 valence electrons. The molecule has 2 heterocycles. The number of halogens is 1. The van der Waals surface area contributed by atoms with Crippen molar-refractivity contribution >= 4 is 29.8 Å². The second-order valence-electron chi connectivity index (χ2n) is 3.30. The fraction of sp³-hybridized carbons (Fsp3) is 0.625. The number of piperidine rings is 1. The molecule has 1 atom stereocenters. The van der Waals surface area contributed by atoms with Crippen LogP contribution in [0.25, 0.3) is 0 Å². The Hall–Kier alpha value is -0.720. The predicted molar refractivity (Wildman–Crippen MR) is 60.5 cm³/mol. The van der Waals surface area contributed by atoms with Crippen molar-refractivity contribution in [3.8, 4) is 0 Å². The lowest BCUT2D eigenvalue weighted by atomic mass is 10.1. The molecule has 1 fully saturated rings. The van der Waals surface area contributed by atoms with Crippen LogP contribution in [0.5, 0.6) is 0 Å². The Bertz CT molecular complexity index is 300. The average molecular weight is 249 g/mol. The van der Waals surface area contributed by atoms with Gasteiger partial charge < -0.3 is 10.6 Å². The van der Waals surface area contributed by atoms with Gasteiger partial charge in [0.15, 0.2) is 0 Å². The number of nitrogens with one attached hydrogen (secondary N) is 2. The highest BCUT2D eigenvalue weighted by Gasteiger charge is 2.17. The van der Waals surface area contributed by atoms with E-state index in [1.807, 2.05) is 0 Å². The zero-order valence-corrected chi connectivity index (χ0v) is 9.74. The molecule has 0 aromatic carbocycles. The number of carbonyl (C=O) groups is 1. The molecule has 2 N–H and O–H groups in total. The minimum Gasteiger partial charge on any atom is -0.347 e. The maximum atomic E-state index is 11.6. The second-order valence-corrected chi connectivity index (χ2v) is 4.08. The molecule has 0 radical (unpaired) electrons. The Morgan fingerprint density at radius 1 is 1.67 bits per heavy atom. The van der Waals surface area contributed by atoms with Crippen LogP contribution in [-0.2, 0) is 0 Å². The fourth-order valence-corrected chi connectivity index (χ4v) is 1.92. The van der Waals surface area contributed by atoms with Gasteiger partial charge in [-0.15, -0.1) is 17.5 Å². The van der Waals surface area contributed by atoms with Gasteiger partial charge in [0.2, 0.25) is 0 Å². The van der Waals surface area contributed by atoms with Crippen molar-refractivity contribution in [2.24, 2.45) is 0 Å². The third-order valence-corrected chi connectivity index (χ3v) is 2.88. The standard InChI is InChI=1S/C8H12N4OS.ClH/c13-8(7-5-10-12-14-7)11-6-2-1-3-9-4-6;/h5-6,9H,1-4H2,(H,11,13);1H/t6-;/m1./s1. The molecule has 0 unspecified atom stereocenters. The van der Waals surface area contributed by atoms with Crippen LogP contribution in [0.15, 0.2) is 6.20 Å². The first-order chi connectivity index (χ1) is 6.86. The minimum absolute atomic E-state index is 0. The molecule has 1 saturated heterocycles. The van der Waals surface area contributed by atoms with Crippen molar-refractivity contribution in [2.45, 2.75) is 18.9 Å². The third-order valence-electron chi connectivity index (χ3n) is 2.22. The van der Waals surface area contributed by atoms with Crippen LogP contribution in [0.4, 0.5) is 0 Å². The lowest BCUT2D eigenvalue weighted by molar-refractivity contribution is 0.0934. The molecule has 1 aliphatic rings. The van der Waals surface area contributed by atoms with E-state index in [0.29, 0.717) is 4.88 Å². The highest BCUT2D eigenvalue weighted by Crippen LogP contribution is 2.05. The lowest BCUT2D eigenvalue weighted by Crippen LogP contribution is -2.45. The van der Waals surface area contributed by atoms with Crippen LogP contribution in [0.1, 0.15) is 22.5 Å². The van der Waals surface area contributed by atoms with E-state index in [1.54, 1.807) is 0 Å². The summed E-state index contributed by atoms with van der Waals surface area (Å²) in [6.45, 7) is 1.91. The largest absolute Gasteiger partial charge is 0.347 e. The van der Waals surface area contributed by atoms with E-state index in [1.165, 1.54) is 6.20 Å². The van der Waals surface area contributed by atoms with Crippen molar-refractivity contribution in [3.63, 3.8) is 0 Å². The van der Waals surface area contributed by atoms with Crippen LogP contribution in [0.2, 0.25) is 0 Å². The Morgan fingerprint density at radius 3 is 3.13 bits per heavy atom. The first-order valence-corrected chi connectivity index (χ1v) is 5.42. The highest BCUT2D eigenvalue weighted by molar-refractivity contribution is 7.07. The summed E-state index contributed by atoms with van der Waals surface area (Å²) in [4.78, 5) is 12.1. The molecule has 0 spiro atoms. The SMILES string of the molecule is Cl.O=C(N[C@@H]1CCCNC1)c1cnns1. The Labute approximate surface area is 98.2 Å².